The Balaban J connectivity index is 1.79. The molecule has 0 fully saturated rings. The molecule has 0 unspecified atom stereocenters. The Morgan fingerprint density at radius 2 is 1.76 bits per heavy atom. The lowest BCUT2D eigenvalue weighted by atomic mass is 10.0. The molecule has 3 rings (SSSR count). The van der Waals surface area contributed by atoms with Gasteiger partial charge in [0.1, 0.15) is 11.6 Å². The number of hydrogen-bond acceptors (Lipinski definition) is 7. The molecule has 0 bridgehead atoms. The number of benzene rings is 2. The zero-order valence-corrected chi connectivity index (χ0v) is 24.8. The lowest BCUT2D eigenvalue weighted by Crippen LogP contribution is -2.51. The second kappa shape index (κ2) is 13.8. The molecule has 2 atom stereocenters. The monoisotopic (exact) mass is 564 g/mol. The number of amides is 3. The van der Waals surface area contributed by atoms with Crippen molar-refractivity contribution in [2.45, 2.75) is 65.1 Å². The van der Waals surface area contributed by atoms with Crippen LogP contribution in [-0.4, -0.2) is 61.0 Å². The Labute approximate surface area is 241 Å². The highest BCUT2D eigenvalue weighted by Crippen LogP contribution is 2.28. The van der Waals surface area contributed by atoms with Crippen molar-refractivity contribution in [3.63, 3.8) is 0 Å². The number of methoxy groups -OCH3 is 1. The summed E-state index contributed by atoms with van der Waals surface area (Å²) in [5.41, 5.74) is 0.745. The molecule has 0 aliphatic heterocycles. The number of furan rings is 1. The number of nitrogens with zero attached hydrogens (tertiary/aromatic N) is 2. The van der Waals surface area contributed by atoms with E-state index in [0.717, 1.165) is 10.6 Å². The second-order valence-corrected chi connectivity index (χ2v) is 11.2. The molecular formula is C31H40N4O6. The van der Waals surface area contributed by atoms with Gasteiger partial charge in [-0.3, -0.25) is 9.59 Å². The average Bonchev–Trinajstić information content (AvgIpc) is 3.35. The highest BCUT2D eigenvalue weighted by Gasteiger charge is 2.27. The van der Waals surface area contributed by atoms with Crippen LogP contribution in [0.25, 0.3) is 11.0 Å². The van der Waals surface area contributed by atoms with Crippen LogP contribution in [0, 0.1) is 5.92 Å². The third kappa shape index (κ3) is 9.37. The fraction of sp³-hybridized carbons (Fsp3) is 0.419. The van der Waals surface area contributed by atoms with Crippen LogP contribution >= 0.6 is 0 Å². The van der Waals surface area contributed by atoms with Gasteiger partial charge >= 0.3 is 6.09 Å². The van der Waals surface area contributed by atoms with Crippen LogP contribution in [-0.2, 0) is 16.0 Å². The van der Waals surface area contributed by atoms with E-state index in [-0.39, 0.29) is 17.6 Å². The van der Waals surface area contributed by atoms with E-state index in [1.165, 1.54) is 20.4 Å². The molecular weight excluding hydrogens is 524 g/mol. The van der Waals surface area contributed by atoms with Crippen LogP contribution in [0.4, 0.5) is 4.79 Å². The van der Waals surface area contributed by atoms with Gasteiger partial charge in [-0.15, -0.1) is 0 Å². The first kappa shape index (κ1) is 31.2. The molecule has 1 heterocycles. The standard InChI is InChI=1S/C31H40N4O6/c1-20(2)16-24(34-29(37)26-18-22-14-11-15-25(39-7)27(22)40-26)28(36)33-23(17-21-12-9-8-10-13-21)19-32-35(6)30(38)41-31(3,4)5/h8-15,18-20,23-24H,16-17H2,1-7H3,(H,33,36)(H,34,37)/t23-,24-/m0/s1. The minimum Gasteiger partial charge on any atom is -0.493 e. The smallest absolute Gasteiger partial charge is 0.430 e. The summed E-state index contributed by atoms with van der Waals surface area (Å²) in [6.45, 7) is 9.25. The maximum atomic E-state index is 13.5. The summed E-state index contributed by atoms with van der Waals surface area (Å²) in [6, 6.07) is 15.2. The largest absolute Gasteiger partial charge is 0.493 e. The third-order valence-electron chi connectivity index (χ3n) is 5.98. The lowest BCUT2D eigenvalue weighted by molar-refractivity contribution is -0.123. The predicted octanol–water partition coefficient (Wildman–Crippen LogP) is 5.17. The molecule has 3 aromatic rings. The van der Waals surface area contributed by atoms with Gasteiger partial charge in [0.05, 0.1) is 13.2 Å². The summed E-state index contributed by atoms with van der Waals surface area (Å²) < 4.78 is 16.5. The summed E-state index contributed by atoms with van der Waals surface area (Å²) in [5, 5.41) is 11.8. The van der Waals surface area contributed by atoms with E-state index in [4.69, 9.17) is 13.9 Å². The number of rotatable bonds is 11. The van der Waals surface area contributed by atoms with Gasteiger partial charge in [0.25, 0.3) is 5.91 Å². The predicted molar refractivity (Wildman–Crippen MR) is 158 cm³/mol. The van der Waals surface area contributed by atoms with E-state index < -0.39 is 29.7 Å². The highest BCUT2D eigenvalue weighted by atomic mass is 16.6. The summed E-state index contributed by atoms with van der Waals surface area (Å²) >= 11 is 0. The maximum Gasteiger partial charge on any atom is 0.430 e. The van der Waals surface area contributed by atoms with Gasteiger partial charge in [-0.05, 0) is 57.2 Å². The van der Waals surface area contributed by atoms with Crippen LogP contribution in [0.3, 0.4) is 0 Å². The van der Waals surface area contributed by atoms with Crippen LogP contribution in [0.15, 0.2) is 64.1 Å². The van der Waals surface area contributed by atoms with Crippen molar-refractivity contribution in [2.24, 2.45) is 11.0 Å². The maximum absolute atomic E-state index is 13.5. The fourth-order valence-electron chi connectivity index (χ4n) is 4.09. The number of nitrogens with one attached hydrogen (secondary N) is 2. The van der Waals surface area contributed by atoms with E-state index in [1.54, 1.807) is 32.9 Å². The van der Waals surface area contributed by atoms with Crippen LogP contribution in [0.2, 0.25) is 0 Å². The van der Waals surface area contributed by atoms with Crippen molar-refractivity contribution in [3.8, 4) is 5.75 Å². The molecule has 0 spiro atoms. The topological polar surface area (TPSA) is 122 Å². The Morgan fingerprint density at radius 1 is 1.05 bits per heavy atom. The van der Waals surface area contributed by atoms with Gasteiger partial charge in [0.15, 0.2) is 17.1 Å². The zero-order chi connectivity index (χ0) is 30.2. The van der Waals surface area contributed by atoms with Gasteiger partial charge in [0, 0.05) is 18.6 Å². The van der Waals surface area contributed by atoms with Gasteiger partial charge in [-0.2, -0.15) is 5.10 Å². The fourth-order valence-corrected chi connectivity index (χ4v) is 4.09. The highest BCUT2D eigenvalue weighted by molar-refractivity contribution is 5.99. The van der Waals surface area contributed by atoms with Gasteiger partial charge in [-0.1, -0.05) is 56.3 Å². The zero-order valence-electron chi connectivity index (χ0n) is 24.8. The van der Waals surface area contributed by atoms with Crippen LogP contribution in [0.5, 0.6) is 5.75 Å². The molecule has 3 amide bonds. The number of hydrazone groups is 1. The van der Waals surface area contributed by atoms with Gasteiger partial charge in [0.2, 0.25) is 5.91 Å². The molecule has 10 heteroatoms. The van der Waals surface area contributed by atoms with Crippen LogP contribution in [0.1, 0.15) is 57.2 Å². The second-order valence-electron chi connectivity index (χ2n) is 11.2. The van der Waals surface area contributed by atoms with Crippen molar-refractivity contribution >= 4 is 35.1 Å². The normalized spacial score (nSPS) is 13.2. The molecule has 0 saturated heterocycles. The molecule has 2 N–H and O–H groups in total. The van der Waals surface area contributed by atoms with E-state index in [2.05, 4.69) is 15.7 Å². The first-order valence-corrected chi connectivity index (χ1v) is 13.6. The van der Waals surface area contributed by atoms with Crippen molar-refractivity contribution in [1.82, 2.24) is 15.6 Å². The molecule has 41 heavy (non-hydrogen) atoms. The van der Waals surface area contributed by atoms with E-state index in [0.29, 0.717) is 29.6 Å². The van der Waals surface area contributed by atoms with Crippen molar-refractivity contribution < 1.29 is 28.3 Å². The summed E-state index contributed by atoms with van der Waals surface area (Å²) in [6.07, 6.45) is 1.69. The van der Waals surface area contributed by atoms with Gasteiger partial charge in [-0.25, -0.2) is 9.80 Å². The van der Waals surface area contributed by atoms with Gasteiger partial charge < -0.3 is 24.5 Å². The molecule has 2 aromatic carbocycles. The third-order valence-corrected chi connectivity index (χ3v) is 5.98. The quantitative estimate of drug-likeness (QED) is 0.245. The minimum absolute atomic E-state index is 0.0763. The molecule has 10 nitrogen and oxygen atoms in total. The number of fused-ring (bicyclic) bond motifs is 1. The summed E-state index contributed by atoms with van der Waals surface area (Å²) in [4.78, 5) is 39.1. The summed E-state index contributed by atoms with van der Waals surface area (Å²) in [5.74, 6) is -0.193. The molecule has 1 aromatic heterocycles. The SMILES string of the molecule is COc1cccc2cc(C(=O)N[C@@H](CC(C)C)C(=O)N[C@H](C=NN(C)C(=O)OC(C)(C)C)Cc3ccccc3)oc12. The first-order chi connectivity index (χ1) is 19.4. The number of hydrogen-bond donors (Lipinski definition) is 2. The Bertz CT molecular complexity index is 1360. The Morgan fingerprint density at radius 3 is 2.39 bits per heavy atom. The minimum atomic E-state index is -0.840. The summed E-state index contributed by atoms with van der Waals surface area (Å²) in [7, 11) is 3.01. The number of carbonyl (C=O) groups excluding carboxylic acids is 3. The molecule has 0 aliphatic carbocycles. The van der Waals surface area contributed by atoms with Crippen LogP contribution < -0.4 is 15.4 Å². The number of carbonyl (C=O) groups is 3. The van der Waals surface area contributed by atoms with Crippen molar-refractivity contribution in [2.75, 3.05) is 14.2 Å². The molecule has 0 radical (unpaired) electrons. The van der Waals surface area contributed by atoms with E-state index in [1.807, 2.05) is 56.3 Å². The Kier molecular flexibility index (Phi) is 10.5. The van der Waals surface area contributed by atoms with E-state index >= 15 is 0 Å². The average molecular weight is 565 g/mol. The number of ether oxygens (including phenoxy) is 2. The molecule has 0 saturated carbocycles. The van der Waals surface area contributed by atoms with E-state index in [9.17, 15) is 14.4 Å². The molecule has 0 aliphatic rings. The molecule has 220 valence electrons. The Hall–Kier alpha value is -4.34. The van der Waals surface area contributed by atoms with Crippen molar-refractivity contribution in [3.05, 3.63) is 65.9 Å². The van der Waals surface area contributed by atoms with Crippen molar-refractivity contribution in [1.29, 1.82) is 0 Å². The number of para-hydroxylation sites is 1. The first-order valence-electron chi connectivity index (χ1n) is 13.6. The lowest BCUT2D eigenvalue weighted by Gasteiger charge is -2.24.